The molecule has 0 unspecified atom stereocenters. The van der Waals surface area contributed by atoms with E-state index in [-0.39, 0.29) is 29.1 Å². The van der Waals surface area contributed by atoms with Gasteiger partial charge in [-0.15, -0.1) is 0 Å². The van der Waals surface area contributed by atoms with Crippen LogP contribution in [0.2, 0.25) is 0 Å². The Kier molecular flexibility index (Phi) is 3.72. The molecule has 0 atom stereocenters. The smallest absolute Gasteiger partial charge is 0.239 e. The van der Waals surface area contributed by atoms with E-state index in [9.17, 15) is 17.6 Å². The molecule has 1 amide bonds. The Bertz CT molecular complexity index is 599. The number of carbonyl (C=O) groups is 1. The first-order valence-electron chi connectivity index (χ1n) is 5.72. The van der Waals surface area contributed by atoms with Crippen LogP contribution in [0.1, 0.15) is 12.8 Å². The second-order valence-corrected chi connectivity index (χ2v) is 5.94. The van der Waals surface area contributed by atoms with Gasteiger partial charge in [0.25, 0.3) is 0 Å². The fourth-order valence-electron chi connectivity index (χ4n) is 1.50. The van der Waals surface area contributed by atoms with Gasteiger partial charge in [0.2, 0.25) is 15.9 Å². The molecule has 1 aromatic carbocycles. The van der Waals surface area contributed by atoms with E-state index in [2.05, 4.69) is 10.6 Å². The van der Waals surface area contributed by atoms with Gasteiger partial charge in [-0.2, -0.15) is 0 Å². The number of nitrogens with one attached hydrogen (secondary N) is 2. The summed E-state index contributed by atoms with van der Waals surface area (Å²) in [6.45, 7) is -0.0673. The van der Waals surface area contributed by atoms with E-state index in [0.717, 1.165) is 18.9 Å². The Morgan fingerprint density at radius 3 is 2.63 bits per heavy atom. The predicted octanol–water partition coefficient (Wildman–Crippen LogP) is 0.164. The first-order chi connectivity index (χ1) is 8.86. The Balaban J connectivity index is 1.98. The third kappa shape index (κ3) is 3.90. The molecule has 4 N–H and O–H groups in total. The van der Waals surface area contributed by atoms with Crippen molar-refractivity contribution in [2.45, 2.75) is 23.8 Å². The van der Waals surface area contributed by atoms with Gasteiger partial charge in [0.05, 0.1) is 17.1 Å². The molecule has 0 aliphatic heterocycles. The van der Waals surface area contributed by atoms with Gasteiger partial charge in [0, 0.05) is 6.04 Å². The minimum absolute atomic E-state index is 0.0540. The van der Waals surface area contributed by atoms with Crippen LogP contribution in [-0.4, -0.2) is 26.9 Å². The maximum atomic E-state index is 13.6. The molecule has 1 aliphatic rings. The van der Waals surface area contributed by atoms with Crippen LogP contribution in [0.25, 0.3) is 0 Å². The van der Waals surface area contributed by atoms with E-state index in [0.29, 0.717) is 0 Å². The number of hydrogen-bond acceptors (Lipinski definition) is 4. The lowest BCUT2D eigenvalue weighted by Gasteiger charge is -2.08. The lowest BCUT2D eigenvalue weighted by Crippen LogP contribution is -2.31. The first kappa shape index (κ1) is 13.8. The van der Waals surface area contributed by atoms with Crippen LogP contribution in [0.3, 0.4) is 0 Å². The quantitative estimate of drug-likeness (QED) is 0.718. The summed E-state index contributed by atoms with van der Waals surface area (Å²) in [6, 6.07) is 3.47. The normalized spacial score (nSPS) is 15.1. The molecule has 8 heteroatoms. The van der Waals surface area contributed by atoms with Gasteiger partial charge in [-0.25, -0.2) is 17.9 Å². The minimum Gasteiger partial charge on any atom is -0.374 e. The van der Waals surface area contributed by atoms with Gasteiger partial charge in [-0.1, -0.05) is 0 Å². The number of carbonyl (C=O) groups excluding carboxylic acids is 1. The molecular weight excluding hydrogens is 273 g/mol. The van der Waals surface area contributed by atoms with E-state index in [1.807, 2.05) is 0 Å². The third-order valence-electron chi connectivity index (χ3n) is 2.65. The molecule has 1 aromatic rings. The van der Waals surface area contributed by atoms with Crippen molar-refractivity contribution in [3.63, 3.8) is 0 Å². The van der Waals surface area contributed by atoms with Crippen LogP contribution in [-0.2, 0) is 14.8 Å². The number of anilines is 1. The van der Waals surface area contributed by atoms with Crippen LogP contribution in [0, 0.1) is 5.82 Å². The highest BCUT2D eigenvalue weighted by atomic mass is 32.2. The standard InChI is InChI=1S/C11H14FN3O3S/c12-9-5-8(19(13,17)18)3-4-10(9)14-6-11(16)15-7-1-2-7/h3-5,7,14H,1-2,6H2,(H,15,16)(H2,13,17,18). The molecule has 6 nitrogen and oxygen atoms in total. The Hall–Kier alpha value is -1.67. The highest BCUT2D eigenvalue weighted by Crippen LogP contribution is 2.19. The lowest BCUT2D eigenvalue weighted by molar-refractivity contribution is -0.119. The topological polar surface area (TPSA) is 101 Å². The van der Waals surface area contributed by atoms with Crippen molar-refractivity contribution in [3.8, 4) is 0 Å². The van der Waals surface area contributed by atoms with Gasteiger partial charge in [-0.3, -0.25) is 4.79 Å². The number of primary sulfonamides is 1. The first-order valence-corrected chi connectivity index (χ1v) is 7.26. The van der Waals surface area contributed by atoms with E-state index in [1.54, 1.807) is 0 Å². The lowest BCUT2D eigenvalue weighted by atomic mass is 10.3. The van der Waals surface area contributed by atoms with Crippen LogP contribution in [0.4, 0.5) is 10.1 Å². The molecule has 1 fully saturated rings. The third-order valence-corrected chi connectivity index (χ3v) is 3.56. The summed E-state index contributed by atoms with van der Waals surface area (Å²) in [7, 11) is -3.93. The number of halogens is 1. The van der Waals surface area contributed by atoms with Gasteiger partial charge >= 0.3 is 0 Å². The number of rotatable bonds is 5. The van der Waals surface area contributed by atoms with E-state index >= 15 is 0 Å². The zero-order valence-corrected chi connectivity index (χ0v) is 10.8. The Morgan fingerprint density at radius 1 is 1.42 bits per heavy atom. The average Bonchev–Trinajstić information content (AvgIpc) is 3.10. The largest absolute Gasteiger partial charge is 0.374 e. The summed E-state index contributed by atoms with van der Waals surface area (Å²) in [4.78, 5) is 11.1. The molecule has 0 saturated heterocycles. The highest BCUT2D eigenvalue weighted by Gasteiger charge is 2.23. The SMILES string of the molecule is NS(=O)(=O)c1ccc(NCC(=O)NC2CC2)c(F)c1. The number of nitrogens with two attached hydrogens (primary N) is 1. The van der Waals surface area contributed by atoms with Crippen molar-refractivity contribution < 1.29 is 17.6 Å². The van der Waals surface area contributed by atoms with Gasteiger partial charge in [0.15, 0.2) is 0 Å². The second kappa shape index (κ2) is 5.14. The number of hydrogen-bond donors (Lipinski definition) is 3. The van der Waals surface area contributed by atoms with Crippen LogP contribution in [0.5, 0.6) is 0 Å². The number of sulfonamides is 1. The van der Waals surface area contributed by atoms with Gasteiger partial charge in [0.1, 0.15) is 5.82 Å². The molecule has 1 aliphatic carbocycles. The molecule has 0 aromatic heterocycles. The fraction of sp³-hybridized carbons (Fsp3) is 0.364. The summed E-state index contributed by atoms with van der Waals surface area (Å²) in [5.41, 5.74) is 0.0540. The highest BCUT2D eigenvalue weighted by molar-refractivity contribution is 7.89. The molecule has 0 spiro atoms. The van der Waals surface area contributed by atoms with E-state index < -0.39 is 15.8 Å². The van der Waals surface area contributed by atoms with Crippen LogP contribution in [0.15, 0.2) is 23.1 Å². The second-order valence-electron chi connectivity index (χ2n) is 4.38. The Morgan fingerprint density at radius 2 is 2.11 bits per heavy atom. The summed E-state index contributed by atoms with van der Waals surface area (Å²) in [5.74, 6) is -0.997. The fourth-order valence-corrected chi connectivity index (χ4v) is 2.02. The number of amides is 1. The zero-order valence-electron chi connectivity index (χ0n) is 10.0. The van der Waals surface area contributed by atoms with Crippen molar-refractivity contribution in [3.05, 3.63) is 24.0 Å². The average molecular weight is 287 g/mol. The van der Waals surface area contributed by atoms with Gasteiger partial charge < -0.3 is 10.6 Å². The maximum absolute atomic E-state index is 13.6. The minimum atomic E-state index is -3.93. The van der Waals surface area contributed by atoms with Crippen molar-refractivity contribution in [2.75, 3.05) is 11.9 Å². The summed E-state index contributed by atoms with van der Waals surface area (Å²) in [5, 5.41) is 10.2. The molecule has 0 heterocycles. The molecule has 2 rings (SSSR count). The van der Waals surface area contributed by atoms with E-state index in [4.69, 9.17) is 5.14 Å². The monoisotopic (exact) mass is 287 g/mol. The zero-order chi connectivity index (χ0) is 14.0. The maximum Gasteiger partial charge on any atom is 0.239 e. The molecule has 0 radical (unpaired) electrons. The molecule has 19 heavy (non-hydrogen) atoms. The summed E-state index contributed by atoms with van der Waals surface area (Å²) < 4.78 is 35.6. The molecule has 0 bridgehead atoms. The van der Waals surface area contributed by atoms with E-state index in [1.165, 1.54) is 12.1 Å². The van der Waals surface area contributed by atoms with Crippen molar-refractivity contribution in [2.24, 2.45) is 5.14 Å². The number of benzene rings is 1. The van der Waals surface area contributed by atoms with Crippen LogP contribution >= 0.6 is 0 Å². The Labute approximate surface area is 110 Å². The van der Waals surface area contributed by atoms with Gasteiger partial charge in [-0.05, 0) is 31.0 Å². The molecule has 1 saturated carbocycles. The van der Waals surface area contributed by atoms with Crippen LogP contribution < -0.4 is 15.8 Å². The summed E-state index contributed by atoms with van der Waals surface area (Å²) >= 11 is 0. The van der Waals surface area contributed by atoms with Crippen molar-refractivity contribution in [1.29, 1.82) is 0 Å². The predicted molar refractivity (Wildman–Crippen MR) is 67.4 cm³/mol. The van der Waals surface area contributed by atoms with Crippen molar-refractivity contribution >= 4 is 21.6 Å². The molecular formula is C11H14FN3O3S. The van der Waals surface area contributed by atoms with Crippen molar-refractivity contribution in [1.82, 2.24) is 5.32 Å². The molecule has 104 valence electrons. The summed E-state index contributed by atoms with van der Waals surface area (Å²) in [6.07, 6.45) is 1.95.